The molecule has 6 nitrogen and oxygen atoms in total. The molecule has 0 aromatic heterocycles. The number of rotatable bonds is 4. The van der Waals surface area contributed by atoms with E-state index in [1.165, 1.54) is 25.2 Å². The molecule has 1 atom stereocenters. The van der Waals surface area contributed by atoms with Gasteiger partial charge >= 0.3 is 5.97 Å². The normalized spacial score (nSPS) is 23.0. The van der Waals surface area contributed by atoms with Crippen molar-refractivity contribution < 1.29 is 19.1 Å². The largest absolute Gasteiger partial charge is 0.466 e. The Morgan fingerprint density at radius 3 is 2.64 bits per heavy atom. The van der Waals surface area contributed by atoms with E-state index >= 15 is 0 Å². The molecule has 1 fully saturated rings. The molecule has 2 rings (SSSR count). The van der Waals surface area contributed by atoms with Crippen LogP contribution in [0.5, 0.6) is 0 Å². The minimum absolute atomic E-state index is 0.261. The molecule has 0 spiro atoms. The zero-order chi connectivity index (χ0) is 16.3. The fraction of sp³-hybridized carbons (Fsp3) is 0.333. The highest BCUT2D eigenvalue weighted by atomic mass is 32.2. The lowest BCUT2D eigenvalue weighted by Crippen LogP contribution is -2.49. The van der Waals surface area contributed by atoms with E-state index in [-0.39, 0.29) is 10.8 Å². The molecular formula is C15H18N2O4S. The molecule has 0 bridgehead atoms. The number of hydrogen-bond acceptors (Lipinski definition) is 6. The molecule has 1 aromatic rings. The molecule has 1 aromatic carbocycles. The molecule has 0 saturated carbocycles. The molecule has 1 aliphatic rings. The lowest BCUT2D eigenvalue weighted by Gasteiger charge is -2.34. The van der Waals surface area contributed by atoms with Gasteiger partial charge in [0, 0.05) is 25.9 Å². The second-order valence-electron chi connectivity index (χ2n) is 4.72. The maximum absolute atomic E-state index is 12.3. The number of hydrogen-bond donors (Lipinski definition) is 1. The summed E-state index contributed by atoms with van der Waals surface area (Å²) in [5.74, 6) is -0.884. The highest BCUT2D eigenvalue weighted by molar-refractivity contribution is 8.05. The first kappa shape index (κ1) is 16.4. The first-order valence-corrected chi connectivity index (χ1v) is 7.41. The number of anilines is 1. The minimum Gasteiger partial charge on any atom is -0.466 e. The molecular weight excluding hydrogens is 304 g/mol. The third-order valence-corrected chi connectivity index (χ3v) is 4.70. The number of carbonyl (C=O) groups is 2. The summed E-state index contributed by atoms with van der Waals surface area (Å²) < 4.78 is 10.1. The van der Waals surface area contributed by atoms with Crippen LogP contribution >= 0.6 is 11.8 Å². The lowest BCUT2D eigenvalue weighted by molar-refractivity contribution is -0.137. The summed E-state index contributed by atoms with van der Waals surface area (Å²) in [6.45, 7) is 1.96. The van der Waals surface area contributed by atoms with Gasteiger partial charge in [-0.15, -0.1) is 0 Å². The molecule has 0 aliphatic carbocycles. The monoisotopic (exact) mass is 322 g/mol. The van der Waals surface area contributed by atoms with E-state index in [4.69, 9.17) is 4.74 Å². The number of carbonyl (C=O) groups excluding carboxylic acids is 2. The van der Waals surface area contributed by atoms with Gasteiger partial charge in [-0.05, 0) is 30.3 Å². The van der Waals surface area contributed by atoms with Gasteiger partial charge in [-0.1, -0.05) is 18.2 Å². The van der Waals surface area contributed by atoms with Gasteiger partial charge in [-0.3, -0.25) is 9.69 Å². The van der Waals surface area contributed by atoms with Crippen LogP contribution in [0.3, 0.4) is 0 Å². The SMILES string of the molecule is COC(=O)/C=C1/SC(Nc2ccccc2C)(OC)N(C)C1=O. The number of methoxy groups -OCH3 is 2. The van der Waals surface area contributed by atoms with Crippen LogP contribution < -0.4 is 5.32 Å². The molecule has 22 heavy (non-hydrogen) atoms. The highest BCUT2D eigenvalue weighted by Crippen LogP contribution is 2.44. The van der Waals surface area contributed by atoms with E-state index < -0.39 is 11.2 Å². The van der Waals surface area contributed by atoms with Crippen molar-refractivity contribution in [2.24, 2.45) is 0 Å². The summed E-state index contributed by atoms with van der Waals surface area (Å²) in [5, 5.41) is 2.12. The van der Waals surface area contributed by atoms with E-state index in [1.54, 1.807) is 7.05 Å². The second-order valence-corrected chi connectivity index (χ2v) is 5.92. The number of benzene rings is 1. The van der Waals surface area contributed by atoms with Crippen LogP contribution in [0.2, 0.25) is 0 Å². The number of nitrogens with zero attached hydrogens (tertiary/aromatic N) is 1. The van der Waals surface area contributed by atoms with E-state index in [1.807, 2.05) is 31.2 Å². The Morgan fingerprint density at radius 2 is 2.05 bits per heavy atom. The Balaban J connectivity index is 2.34. The summed E-state index contributed by atoms with van der Waals surface area (Å²) >= 11 is 1.12. The van der Waals surface area contributed by atoms with Gasteiger partial charge in [0.2, 0.25) is 0 Å². The number of aryl methyl sites for hydroxylation is 1. The highest BCUT2D eigenvalue weighted by Gasteiger charge is 2.48. The number of para-hydroxylation sites is 1. The Hall–Kier alpha value is -1.99. The Bertz CT molecular complexity index is 632. The fourth-order valence-electron chi connectivity index (χ4n) is 2.04. The number of amides is 1. The summed E-state index contributed by atoms with van der Waals surface area (Å²) in [7, 11) is 4.38. The quantitative estimate of drug-likeness (QED) is 0.519. The number of thioether (sulfide) groups is 1. The predicted molar refractivity (Wildman–Crippen MR) is 85.0 cm³/mol. The molecule has 1 unspecified atom stereocenters. The minimum atomic E-state index is -1.11. The molecule has 1 saturated heterocycles. The average Bonchev–Trinajstić information content (AvgIpc) is 2.75. The van der Waals surface area contributed by atoms with E-state index in [9.17, 15) is 9.59 Å². The zero-order valence-electron chi connectivity index (χ0n) is 12.9. The van der Waals surface area contributed by atoms with Gasteiger partial charge in [0.05, 0.1) is 12.0 Å². The van der Waals surface area contributed by atoms with Gasteiger partial charge in [0.1, 0.15) is 0 Å². The van der Waals surface area contributed by atoms with Crippen LogP contribution in [-0.2, 0) is 19.1 Å². The molecule has 7 heteroatoms. The van der Waals surface area contributed by atoms with Crippen molar-refractivity contribution in [2.45, 2.75) is 12.1 Å². The average molecular weight is 322 g/mol. The van der Waals surface area contributed by atoms with Crippen molar-refractivity contribution in [1.82, 2.24) is 4.90 Å². The van der Waals surface area contributed by atoms with Crippen LogP contribution in [0.1, 0.15) is 5.56 Å². The number of esters is 1. The molecule has 1 amide bonds. The molecule has 0 radical (unpaired) electrons. The Labute approximate surface area is 133 Å². The van der Waals surface area contributed by atoms with Crippen LogP contribution in [0, 0.1) is 6.92 Å². The number of likely N-dealkylation sites (N-methyl/N-ethyl adjacent to an activating group) is 1. The van der Waals surface area contributed by atoms with Crippen molar-refractivity contribution in [1.29, 1.82) is 0 Å². The molecule has 1 heterocycles. The summed E-state index contributed by atoms with van der Waals surface area (Å²) in [6, 6.07) is 7.68. The fourth-order valence-corrected chi connectivity index (χ4v) is 3.18. The van der Waals surface area contributed by atoms with E-state index in [0.29, 0.717) is 0 Å². The smallest absolute Gasteiger partial charge is 0.331 e. The van der Waals surface area contributed by atoms with Crippen molar-refractivity contribution in [2.75, 3.05) is 26.6 Å². The van der Waals surface area contributed by atoms with Crippen LogP contribution in [0.25, 0.3) is 0 Å². The zero-order valence-corrected chi connectivity index (χ0v) is 13.7. The predicted octanol–water partition coefficient (Wildman–Crippen LogP) is 1.93. The summed E-state index contributed by atoms with van der Waals surface area (Å²) in [4.78, 5) is 25.4. The van der Waals surface area contributed by atoms with Crippen molar-refractivity contribution in [3.63, 3.8) is 0 Å². The number of ether oxygens (including phenoxy) is 2. The van der Waals surface area contributed by atoms with Gasteiger partial charge in [-0.25, -0.2) is 4.79 Å². The van der Waals surface area contributed by atoms with Crippen LogP contribution in [-0.4, -0.2) is 43.2 Å². The Kier molecular flexibility index (Phi) is 4.77. The summed E-state index contributed by atoms with van der Waals surface area (Å²) in [6.07, 6.45) is 1.17. The summed E-state index contributed by atoms with van der Waals surface area (Å²) in [5.41, 5.74) is 1.86. The molecule has 1 aliphatic heterocycles. The molecule has 118 valence electrons. The maximum Gasteiger partial charge on any atom is 0.331 e. The third kappa shape index (κ3) is 2.95. The van der Waals surface area contributed by atoms with Crippen LogP contribution in [0.15, 0.2) is 35.2 Å². The van der Waals surface area contributed by atoms with Crippen LogP contribution in [0.4, 0.5) is 5.69 Å². The lowest BCUT2D eigenvalue weighted by atomic mass is 10.2. The van der Waals surface area contributed by atoms with Crippen molar-refractivity contribution in [3.05, 3.63) is 40.8 Å². The second kappa shape index (κ2) is 6.41. The molecule has 1 N–H and O–H groups in total. The third-order valence-electron chi connectivity index (χ3n) is 3.37. The van der Waals surface area contributed by atoms with E-state index in [0.717, 1.165) is 23.0 Å². The van der Waals surface area contributed by atoms with E-state index in [2.05, 4.69) is 10.1 Å². The van der Waals surface area contributed by atoms with Gasteiger partial charge in [0.25, 0.3) is 11.1 Å². The van der Waals surface area contributed by atoms with Gasteiger partial charge < -0.3 is 14.8 Å². The first-order chi connectivity index (χ1) is 10.4. The Morgan fingerprint density at radius 1 is 1.36 bits per heavy atom. The van der Waals surface area contributed by atoms with Gasteiger partial charge in [-0.2, -0.15) is 0 Å². The van der Waals surface area contributed by atoms with Crippen molar-refractivity contribution in [3.8, 4) is 0 Å². The maximum atomic E-state index is 12.3. The van der Waals surface area contributed by atoms with Crippen molar-refractivity contribution >= 4 is 29.3 Å². The van der Waals surface area contributed by atoms with Gasteiger partial charge in [0.15, 0.2) is 0 Å². The topological polar surface area (TPSA) is 67.9 Å². The standard InChI is InChI=1S/C15H18N2O4S/c1-10-7-5-6-8-11(10)16-15(21-4)17(2)14(19)12(22-15)9-13(18)20-3/h5-9,16H,1-4H3/b12-9+. The number of nitrogens with one attached hydrogen (secondary N) is 1. The first-order valence-electron chi connectivity index (χ1n) is 6.59.